The van der Waals surface area contributed by atoms with Crippen LogP contribution in [0.4, 0.5) is 0 Å². The molecule has 0 aromatic rings. The van der Waals surface area contributed by atoms with Crippen LogP contribution in [0.2, 0.25) is 0 Å². The number of ether oxygens (including phenoxy) is 1. The summed E-state index contributed by atoms with van der Waals surface area (Å²) < 4.78 is 4.86. The minimum absolute atomic E-state index is 0.00491. The molecule has 0 amide bonds. The first-order valence-electron chi connectivity index (χ1n) is 4.70. The van der Waals surface area contributed by atoms with Gasteiger partial charge in [0.2, 0.25) is 0 Å². The lowest BCUT2D eigenvalue weighted by atomic mass is 9.99. The van der Waals surface area contributed by atoms with E-state index in [4.69, 9.17) is 9.84 Å². The summed E-state index contributed by atoms with van der Waals surface area (Å²) in [4.78, 5) is 13.5. The van der Waals surface area contributed by atoms with Crippen molar-refractivity contribution in [2.75, 3.05) is 33.4 Å². The Morgan fingerprint density at radius 3 is 3.08 bits per heavy atom. The van der Waals surface area contributed by atoms with Crippen LogP contribution < -0.4 is 0 Å². The van der Waals surface area contributed by atoms with Gasteiger partial charge in [0.25, 0.3) is 0 Å². The van der Waals surface area contributed by atoms with Gasteiger partial charge in [-0.15, -0.1) is 0 Å². The van der Waals surface area contributed by atoms with Gasteiger partial charge in [-0.05, 0) is 26.4 Å². The first-order chi connectivity index (χ1) is 6.24. The molecule has 0 saturated carbocycles. The second-order valence-corrected chi connectivity index (χ2v) is 3.49. The van der Waals surface area contributed by atoms with E-state index in [-0.39, 0.29) is 25.1 Å². The number of aliphatic hydroxyl groups is 1. The highest BCUT2D eigenvalue weighted by atomic mass is 16.5. The van der Waals surface area contributed by atoms with Gasteiger partial charge in [0.15, 0.2) is 0 Å². The number of carbonyl (C=O) groups is 1. The molecule has 0 radical (unpaired) electrons. The normalized spacial score (nSPS) is 24.3. The lowest BCUT2D eigenvalue weighted by molar-refractivity contribution is -0.151. The Morgan fingerprint density at radius 1 is 1.69 bits per heavy atom. The molecule has 0 aliphatic carbocycles. The summed E-state index contributed by atoms with van der Waals surface area (Å²) in [5.74, 6) is -0.161. The van der Waals surface area contributed by atoms with E-state index in [0.717, 1.165) is 25.9 Å². The summed E-state index contributed by atoms with van der Waals surface area (Å²) in [6.45, 7) is 1.88. The molecule has 1 unspecified atom stereocenters. The monoisotopic (exact) mass is 187 g/mol. The SMILES string of the molecule is CN1CCCC(C(=O)OCCO)C1. The van der Waals surface area contributed by atoms with E-state index in [2.05, 4.69) is 4.90 Å². The van der Waals surface area contributed by atoms with E-state index in [1.807, 2.05) is 7.05 Å². The van der Waals surface area contributed by atoms with Crippen molar-refractivity contribution in [1.82, 2.24) is 4.90 Å². The minimum Gasteiger partial charge on any atom is -0.463 e. The molecular formula is C9H17NO3. The largest absolute Gasteiger partial charge is 0.463 e. The fraction of sp³-hybridized carbons (Fsp3) is 0.889. The van der Waals surface area contributed by atoms with Crippen LogP contribution in [0, 0.1) is 5.92 Å². The third kappa shape index (κ3) is 3.32. The van der Waals surface area contributed by atoms with E-state index in [1.54, 1.807) is 0 Å². The summed E-state index contributed by atoms with van der Waals surface area (Å²) in [6.07, 6.45) is 1.96. The molecule has 1 aliphatic heterocycles. The molecule has 0 bridgehead atoms. The third-order valence-corrected chi connectivity index (χ3v) is 2.29. The minimum atomic E-state index is -0.166. The Labute approximate surface area is 78.5 Å². The highest BCUT2D eigenvalue weighted by Crippen LogP contribution is 2.16. The van der Waals surface area contributed by atoms with Crippen molar-refractivity contribution in [3.8, 4) is 0 Å². The maximum atomic E-state index is 11.3. The lowest BCUT2D eigenvalue weighted by Gasteiger charge is -2.27. The molecule has 1 heterocycles. The van der Waals surface area contributed by atoms with Crippen molar-refractivity contribution in [2.24, 2.45) is 5.92 Å². The molecule has 1 saturated heterocycles. The van der Waals surface area contributed by atoms with Crippen molar-refractivity contribution < 1.29 is 14.6 Å². The summed E-state index contributed by atoms with van der Waals surface area (Å²) in [5.41, 5.74) is 0. The Balaban J connectivity index is 2.28. The van der Waals surface area contributed by atoms with Crippen molar-refractivity contribution >= 4 is 5.97 Å². The number of hydrogen-bond acceptors (Lipinski definition) is 4. The van der Waals surface area contributed by atoms with E-state index in [0.29, 0.717) is 0 Å². The van der Waals surface area contributed by atoms with Crippen LogP contribution >= 0.6 is 0 Å². The van der Waals surface area contributed by atoms with E-state index in [1.165, 1.54) is 0 Å². The molecule has 0 aromatic carbocycles. The summed E-state index contributed by atoms with van der Waals surface area (Å²) in [6, 6.07) is 0. The van der Waals surface area contributed by atoms with Crippen molar-refractivity contribution in [2.45, 2.75) is 12.8 Å². The molecule has 13 heavy (non-hydrogen) atoms. The van der Waals surface area contributed by atoms with Crippen molar-refractivity contribution in [3.63, 3.8) is 0 Å². The zero-order valence-electron chi connectivity index (χ0n) is 8.03. The standard InChI is InChI=1S/C9H17NO3/c1-10-4-2-3-8(7-10)9(12)13-6-5-11/h8,11H,2-7H2,1H3. The fourth-order valence-electron chi connectivity index (χ4n) is 1.62. The van der Waals surface area contributed by atoms with Gasteiger partial charge in [0, 0.05) is 6.54 Å². The number of rotatable bonds is 3. The van der Waals surface area contributed by atoms with Gasteiger partial charge in [-0.25, -0.2) is 0 Å². The van der Waals surface area contributed by atoms with Gasteiger partial charge in [-0.3, -0.25) is 4.79 Å². The Hall–Kier alpha value is -0.610. The highest BCUT2D eigenvalue weighted by Gasteiger charge is 2.24. The average Bonchev–Trinajstić information content (AvgIpc) is 2.14. The number of carbonyl (C=O) groups excluding carboxylic acids is 1. The van der Waals surface area contributed by atoms with E-state index < -0.39 is 0 Å². The maximum absolute atomic E-state index is 11.3. The highest BCUT2D eigenvalue weighted by molar-refractivity contribution is 5.72. The second kappa shape index (κ2) is 5.19. The number of likely N-dealkylation sites (tertiary alicyclic amines) is 1. The molecule has 4 nitrogen and oxygen atoms in total. The number of esters is 1. The number of hydrogen-bond donors (Lipinski definition) is 1. The molecule has 1 rings (SSSR count). The van der Waals surface area contributed by atoms with Crippen molar-refractivity contribution in [3.05, 3.63) is 0 Å². The summed E-state index contributed by atoms with van der Waals surface area (Å²) >= 11 is 0. The number of aliphatic hydroxyl groups excluding tert-OH is 1. The van der Waals surface area contributed by atoms with Crippen LogP contribution in [0.25, 0.3) is 0 Å². The maximum Gasteiger partial charge on any atom is 0.310 e. The Bertz CT molecular complexity index is 172. The van der Waals surface area contributed by atoms with Crippen LogP contribution in [0.1, 0.15) is 12.8 Å². The average molecular weight is 187 g/mol. The zero-order valence-corrected chi connectivity index (χ0v) is 8.03. The smallest absolute Gasteiger partial charge is 0.310 e. The van der Waals surface area contributed by atoms with Crippen LogP contribution in [0.3, 0.4) is 0 Å². The van der Waals surface area contributed by atoms with Crippen LogP contribution in [-0.2, 0) is 9.53 Å². The van der Waals surface area contributed by atoms with Crippen LogP contribution in [-0.4, -0.2) is 49.3 Å². The molecule has 0 spiro atoms. The van der Waals surface area contributed by atoms with Crippen LogP contribution in [0.5, 0.6) is 0 Å². The van der Waals surface area contributed by atoms with Gasteiger partial charge < -0.3 is 14.7 Å². The number of nitrogens with zero attached hydrogens (tertiary/aromatic N) is 1. The van der Waals surface area contributed by atoms with E-state index >= 15 is 0 Å². The molecule has 1 N–H and O–H groups in total. The first-order valence-corrected chi connectivity index (χ1v) is 4.70. The van der Waals surface area contributed by atoms with Gasteiger partial charge in [-0.1, -0.05) is 0 Å². The zero-order chi connectivity index (χ0) is 9.68. The first kappa shape index (κ1) is 10.5. The molecule has 1 fully saturated rings. The van der Waals surface area contributed by atoms with Gasteiger partial charge >= 0.3 is 5.97 Å². The quantitative estimate of drug-likeness (QED) is 0.625. The molecule has 4 heteroatoms. The van der Waals surface area contributed by atoms with Gasteiger partial charge in [0.1, 0.15) is 6.61 Å². The Morgan fingerprint density at radius 2 is 2.46 bits per heavy atom. The van der Waals surface area contributed by atoms with Gasteiger partial charge in [0.05, 0.1) is 12.5 Å². The Kier molecular flexibility index (Phi) is 4.18. The van der Waals surface area contributed by atoms with E-state index in [9.17, 15) is 4.79 Å². The molecule has 1 atom stereocenters. The molecule has 76 valence electrons. The van der Waals surface area contributed by atoms with Gasteiger partial charge in [-0.2, -0.15) is 0 Å². The lowest BCUT2D eigenvalue weighted by Crippen LogP contribution is -2.37. The van der Waals surface area contributed by atoms with Crippen LogP contribution in [0.15, 0.2) is 0 Å². The third-order valence-electron chi connectivity index (χ3n) is 2.29. The predicted molar refractivity (Wildman–Crippen MR) is 48.3 cm³/mol. The number of piperidine rings is 1. The second-order valence-electron chi connectivity index (χ2n) is 3.49. The summed E-state index contributed by atoms with van der Waals surface area (Å²) in [5, 5.41) is 8.48. The molecular weight excluding hydrogens is 170 g/mol. The summed E-state index contributed by atoms with van der Waals surface area (Å²) in [7, 11) is 2.01. The predicted octanol–water partition coefficient (Wildman–Crippen LogP) is -0.136. The topological polar surface area (TPSA) is 49.8 Å². The molecule has 0 aromatic heterocycles. The van der Waals surface area contributed by atoms with Crippen molar-refractivity contribution in [1.29, 1.82) is 0 Å². The molecule has 1 aliphatic rings. The fourth-order valence-corrected chi connectivity index (χ4v) is 1.62.